The minimum atomic E-state index is -0.307. The second-order valence-corrected chi connectivity index (χ2v) is 5.07. The average Bonchev–Trinajstić information content (AvgIpc) is 2.23. The molecule has 0 spiro atoms. The number of hydrogen-bond acceptors (Lipinski definition) is 2. The summed E-state index contributed by atoms with van der Waals surface area (Å²) in [6.45, 7) is 2.03. The van der Waals surface area contributed by atoms with Gasteiger partial charge in [0.15, 0.2) is 0 Å². The lowest BCUT2D eigenvalue weighted by molar-refractivity contribution is 0.509. The molecule has 4 heteroatoms. The van der Waals surface area contributed by atoms with Crippen LogP contribution >= 0.6 is 11.8 Å². The van der Waals surface area contributed by atoms with Crippen LogP contribution in [0.2, 0.25) is 0 Å². The Balaban J connectivity index is 2.56. The molecule has 0 saturated heterocycles. The third-order valence-corrected chi connectivity index (χ3v) is 4.08. The lowest BCUT2D eigenvalue weighted by Crippen LogP contribution is -2.30. The van der Waals surface area contributed by atoms with E-state index in [0.29, 0.717) is 16.9 Å². The lowest BCUT2D eigenvalue weighted by Gasteiger charge is -2.31. The Morgan fingerprint density at radius 1 is 1.33 bits per heavy atom. The summed E-state index contributed by atoms with van der Waals surface area (Å²) in [4.78, 5) is 0. The van der Waals surface area contributed by atoms with Crippen molar-refractivity contribution in [3.63, 3.8) is 0 Å². The van der Waals surface area contributed by atoms with E-state index in [1.54, 1.807) is 18.8 Å². The Morgan fingerprint density at radius 2 is 2.00 bits per heavy atom. The predicted molar refractivity (Wildman–Crippen MR) is 58.9 cm³/mol. The molecule has 82 valence electrons. The molecule has 0 amide bonds. The van der Waals surface area contributed by atoms with Crippen molar-refractivity contribution in [1.82, 2.24) is 5.32 Å². The van der Waals surface area contributed by atoms with Gasteiger partial charge in [-0.25, -0.2) is 8.78 Å². The van der Waals surface area contributed by atoms with Crippen molar-refractivity contribution in [2.24, 2.45) is 0 Å². The molecule has 0 saturated carbocycles. The quantitative estimate of drug-likeness (QED) is 0.794. The summed E-state index contributed by atoms with van der Waals surface area (Å²) in [5, 5.41) is 3.31. The van der Waals surface area contributed by atoms with Crippen LogP contribution in [-0.2, 0) is 5.75 Å². The smallest absolute Gasteiger partial charge is 0.128 e. The van der Waals surface area contributed by atoms with Gasteiger partial charge >= 0.3 is 0 Å². The summed E-state index contributed by atoms with van der Waals surface area (Å²) >= 11 is 1.65. The van der Waals surface area contributed by atoms with Crippen molar-refractivity contribution in [2.45, 2.75) is 24.0 Å². The molecule has 0 fully saturated rings. The highest BCUT2D eigenvalue weighted by atomic mass is 32.2. The highest BCUT2D eigenvalue weighted by molar-refractivity contribution is 7.99. The minimum absolute atomic E-state index is 0.102. The van der Waals surface area contributed by atoms with Crippen LogP contribution < -0.4 is 5.32 Å². The van der Waals surface area contributed by atoms with Crippen molar-refractivity contribution in [2.75, 3.05) is 7.05 Å². The first-order valence-electron chi connectivity index (χ1n) is 4.90. The fourth-order valence-electron chi connectivity index (χ4n) is 2.02. The maximum absolute atomic E-state index is 13.6. The van der Waals surface area contributed by atoms with Crippen LogP contribution in [0.15, 0.2) is 12.1 Å². The Morgan fingerprint density at radius 3 is 2.67 bits per heavy atom. The molecule has 2 rings (SSSR count). The summed E-state index contributed by atoms with van der Waals surface area (Å²) in [5.41, 5.74) is 1.02. The van der Waals surface area contributed by atoms with Gasteiger partial charge in [0.05, 0.1) is 0 Å². The van der Waals surface area contributed by atoms with Gasteiger partial charge in [-0.2, -0.15) is 11.8 Å². The van der Waals surface area contributed by atoms with Crippen LogP contribution in [0.3, 0.4) is 0 Å². The van der Waals surface area contributed by atoms with E-state index in [0.717, 1.165) is 0 Å². The van der Waals surface area contributed by atoms with Gasteiger partial charge in [0.25, 0.3) is 0 Å². The molecule has 0 aliphatic carbocycles. The number of thioether (sulfide) groups is 1. The summed E-state index contributed by atoms with van der Waals surface area (Å²) in [6.07, 6.45) is 0. The molecule has 0 radical (unpaired) electrons. The number of halogens is 2. The molecule has 1 heterocycles. The molecule has 0 aromatic heterocycles. The van der Waals surface area contributed by atoms with Gasteiger partial charge in [0.1, 0.15) is 11.6 Å². The number of nitrogens with one attached hydrogen (secondary N) is 1. The Kier molecular flexibility index (Phi) is 2.98. The molecule has 2 unspecified atom stereocenters. The van der Waals surface area contributed by atoms with E-state index in [1.807, 2.05) is 6.92 Å². The van der Waals surface area contributed by atoms with Crippen LogP contribution in [0.5, 0.6) is 0 Å². The molecule has 1 aliphatic heterocycles. The van der Waals surface area contributed by atoms with E-state index < -0.39 is 0 Å². The lowest BCUT2D eigenvalue weighted by atomic mass is 9.97. The van der Waals surface area contributed by atoms with Crippen LogP contribution in [-0.4, -0.2) is 12.3 Å². The van der Waals surface area contributed by atoms with Crippen LogP contribution in [0.4, 0.5) is 8.78 Å². The zero-order chi connectivity index (χ0) is 11.0. The van der Waals surface area contributed by atoms with Crippen LogP contribution in [0.1, 0.15) is 24.1 Å². The van der Waals surface area contributed by atoms with Crippen LogP contribution in [0.25, 0.3) is 0 Å². The molecule has 0 bridgehead atoms. The van der Waals surface area contributed by atoms with E-state index in [9.17, 15) is 8.78 Å². The number of hydrogen-bond donors (Lipinski definition) is 1. The van der Waals surface area contributed by atoms with Crippen molar-refractivity contribution in [3.05, 3.63) is 34.9 Å². The molecular weight excluding hydrogens is 216 g/mol. The van der Waals surface area contributed by atoms with Gasteiger partial charge in [-0.3, -0.25) is 0 Å². The maximum Gasteiger partial charge on any atom is 0.128 e. The summed E-state index contributed by atoms with van der Waals surface area (Å²) in [6, 6.07) is 2.31. The number of fused-ring (bicyclic) bond motifs is 1. The van der Waals surface area contributed by atoms with E-state index in [2.05, 4.69) is 5.32 Å². The Hall–Kier alpha value is -0.610. The summed E-state index contributed by atoms with van der Waals surface area (Å²) in [5.74, 6) is -0.0536. The minimum Gasteiger partial charge on any atom is -0.312 e. The van der Waals surface area contributed by atoms with Gasteiger partial charge in [-0.15, -0.1) is 0 Å². The fourth-order valence-corrected chi connectivity index (χ4v) is 3.20. The van der Waals surface area contributed by atoms with Gasteiger partial charge in [-0.05, 0) is 19.2 Å². The van der Waals surface area contributed by atoms with Gasteiger partial charge in [0, 0.05) is 28.2 Å². The van der Waals surface area contributed by atoms with E-state index in [4.69, 9.17) is 0 Å². The molecule has 1 aromatic carbocycles. The van der Waals surface area contributed by atoms with Gasteiger partial charge in [0.2, 0.25) is 0 Å². The maximum atomic E-state index is 13.6. The molecule has 1 N–H and O–H groups in total. The SMILES string of the molecule is CNC1c2c(F)ccc(F)c2CSC1C. The van der Waals surface area contributed by atoms with E-state index in [-0.39, 0.29) is 22.9 Å². The van der Waals surface area contributed by atoms with Gasteiger partial charge < -0.3 is 5.32 Å². The zero-order valence-electron chi connectivity index (χ0n) is 8.68. The standard InChI is InChI=1S/C11H13F2NS/c1-6-11(14-2)10-7(5-15-6)8(12)3-4-9(10)13/h3-4,6,11,14H,5H2,1-2H3. The van der Waals surface area contributed by atoms with Crippen molar-refractivity contribution < 1.29 is 8.78 Å². The Bertz CT molecular complexity index is 381. The second kappa shape index (κ2) is 4.10. The molecule has 2 atom stereocenters. The van der Waals surface area contributed by atoms with Crippen LogP contribution in [0, 0.1) is 11.6 Å². The number of rotatable bonds is 1. The largest absolute Gasteiger partial charge is 0.312 e. The normalized spacial score (nSPS) is 25.1. The monoisotopic (exact) mass is 229 g/mol. The first-order valence-corrected chi connectivity index (χ1v) is 5.95. The average molecular weight is 229 g/mol. The topological polar surface area (TPSA) is 12.0 Å². The highest BCUT2D eigenvalue weighted by Crippen LogP contribution is 2.39. The molecule has 1 aliphatic rings. The molecule has 15 heavy (non-hydrogen) atoms. The third-order valence-electron chi connectivity index (χ3n) is 2.83. The fraction of sp³-hybridized carbons (Fsp3) is 0.455. The first kappa shape index (κ1) is 10.9. The van der Waals surface area contributed by atoms with Gasteiger partial charge in [-0.1, -0.05) is 6.92 Å². The predicted octanol–water partition coefficient (Wildman–Crippen LogP) is 2.86. The number of benzene rings is 1. The van der Waals surface area contributed by atoms with E-state index >= 15 is 0 Å². The first-order chi connectivity index (χ1) is 7.15. The second-order valence-electron chi connectivity index (χ2n) is 3.70. The molecule has 1 nitrogen and oxygen atoms in total. The Labute approximate surface area is 92.3 Å². The van der Waals surface area contributed by atoms with Crippen molar-refractivity contribution in [3.8, 4) is 0 Å². The van der Waals surface area contributed by atoms with Crippen molar-refractivity contribution >= 4 is 11.8 Å². The third kappa shape index (κ3) is 1.76. The summed E-state index contributed by atoms with van der Waals surface area (Å²) in [7, 11) is 1.78. The molecule has 1 aromatic rings. The zero-order valence-corrected chi connectivity index (χ0v) is 9.50. The van der Waals surface area contributed by atoms with E-state index in [1.165, 1.54) is 12.1 Å². The van der Waals surface area contributed by atoms with Crippen molar-refractivity contribution in [1.29, 1.82) is 0 Å². The summed E-state index contributed by atoms with van der Waals surface area (Å²) < 4.78 is 27.1. The highest BCUT2D eigenvalue weighted by Gasteiger charge is 2.30. The molecular formula is C11H13F2NS.